The predicted octanol–water partition coefficient (Wildman–Crippen LogP) is 8.30. The molecule has 0 atom stereocenters. The first-order valence-electron chi connectivity index (χ1n) is 12.3. The molecule has 0 spiro atoms. The predicted molar refractivity (Wildman–Crippen MR) is 128 cm³/mol. The molecule has 166 valence electrons. The lowest BCUT2D eigenvalue weighted by Gasteiger charge is -2.12. The average Bonchev–Trinajstić information content (AvgIpc) is 2.70. The fourth-order valence-corrected chi connectivity index (χ4v) is 3.87. The molecule has 0 radical (unpaired) electrons. The van der Waals surface area contributed by atoms with Crippen molar-refractivity contribution < 1.29 is 4.79 Å². The first kappa shape index (κ1) is 25.5. The fourth-order valence-electron chi connectivity index (χ4n) is 3.87. The van der Waals surface area contributed by atoms with Crippen LogP contribution in [0.15, 0.2) is 18.2 Å². The zero-order chi connectivity index (χ0) is 21.2. The van der Waals surface area contributed by atoms with Gasteiger partial charge in [-0.25, -0.2) is 4.79 Å². The van der Waals surface area contributed by atoms with Crippen LogP contribution in [0.3, 0.4) is 0 Å². The van der Waals surface area contributed by atoms with E-state index in [1.165, 1.54) is 89.9 Å². The standard InChI is InChI=1S/C26H46N2O/c1-4-5-6-7-8-9-10-11-12-13-14-15-16-17-18-22-27-26(29)28-25-23(2)20-19-21-24(25)3/h19-21H,4-18,22H2,1-3H3,(H2,27,28,29). The van der Waals surface area contributed by atoms with Gasteiger partial charge in [0, 0.05) is 12.2 Å². The van der Waals surface area contributed by atoms with Crippen LogP contribution < -0.4 is 10.6 Å². The van der Waals surface area contributed by atoms with E-state index in [4.69, 9.17) is 0 Å². The van der Waals surface area contributed by atoms with Crippen molar-refractivity contribution in [2.75, 3.05) is 11.9 Å². The molecule has 3 heteroatoms. The molecule has 3 nitrogen and oxygen atoms in total. The van der Waals surface area contributed by atoms with Gasteiger partial charge in [0.25, 0.3) is 0 Å². The van der Waals surface area contributed by atoms with Gasteiger partial charge in [-0.05, 0) is 31.4 Å². The maximum atomic E-state index is 12.0. The van der Waals surface area contributed by atoms with Crippen LogP contribution >= 0.6 is 0 Å². The number of rotatable bonds is 17. The summed E-state index contributed by atoms with van der Waals surface area (Å²) < 4.78 is 0. The van der Waals surface area contributed by atoms with Crippen LogP contribution in [-0.2, 0) is 0 Å². The third kappa shape index (κ3) is 13.4. The second-order valence-corrected chi connectivity index (χ2v) is 8.60. The van der Waals surface area contributed by atoms with Gasteiger partial charge in [0.1, 0.15) is 0 Å². The Morgan fingerprint density at radius 2 is 1.10 bits per heavy atom. The number of hydrogen-bond donors (Lipinski definition) is 2. The van der Waals surface area contributed by atoms with Gasteiger partial charge < -0.3 is 10.6 Å². The second kappa shape index (κ2) is 17.4. The number of para-hydroxylation sites is 1. The molecule has 0 unspecified atom stereocenters. The van der Waals surface area contributed by atoms with Crippen molar-refractivity contribution >= 4 is 11.7 Å². The Bertz CT molecular complexity index is 521. The van der Waals surface area contributed by atoms with E-state index in [-0.39, 0.29) is 6.03 Å². The number of aryl methyl sites for hydroxylation is 2. The Morgan fingerprint density at radius 1 is 0.690 bits per heavy atom. The highest BCUT2D eigenvalue weighted by atomic mass is 16.2. The zero-order valence-electron chi connectivity index (χ0n) is 19.5. The van der Waals surface area contributed by atoms with Crippen molar-refractivity contribution in [1.82, 2.24) is 5.32 Å². The summed E-state index contributed by atoms with van der Waals surface area (Å²) in [7, 11) is 0. The first-order chi connectivity index (χ1) is 14.1. The molecule has 1 rings (SSSR count). The van der Waals surface area contributed by atoms with Crippen molar-refractivity contribution in [2.45, 2.75) is 117 Å². The van der Waals surface area contributed by atoms with Crippen LogP contribution in [0.25, 0.3) is 0 Å². The van der Waals surface area contributed by atoms with Gasteiger partial charge in [-0.1, -0.05) is 115 Å². The molecule has 0 bridgehead atoms. The molecule has 0 aliphatic heterocycles. The van der Waals surface area contributed by atoms with Crippen molar-refractivity contribution in [1.29, 1.82) is 0 Å². The summed E-state index contributed by atoms with van der Waals surface area (Å²) >= 11 is 0. The van der Waals surface area contributed by atoms with Crippen LogP contribution in [0.1, 0.15) is 114 Å². The maximum Gasteiger partial charge on any atom is 0.319 e. The van der Waals surface area contributed by atoms with Crippen LogP contribution in [-0.4, -0.2) is 12.6 Å². The van der Waals surface area contributed by atoms with E-state index in [0.717, 1.165) is 29.8 Å². The average molecular weight is 403 g/mol. The van der Waals surface area contributed by atoms with Crippen molar-refractivity contribution in [3.05, 3.63) is 29.3 Å². The van der Waals surface area contributed by atoms with Gasteiger partial charge in [-0.2, -0.15) is 0 Å². The van der Waals surface area contributed by atoms with Gasteiger partial charge in [-0.15, -0.1) is 0 Å². The molecular weight excluding hydrogens is 356 g/mol. The number of unbranched alkanes of at least 4 members (excludes halogenated alkanes) is 14. The SMILES string of the molecule is CCCCCCCCCCCCCCCCCNC(=O)Nc1c(C)cccc1C. The highest BCUT2D eigenvalue weighted by molar-refractivity contribution is 5.90. The number of urea groups is 1. The molecular formula is C26H46N2O. The number of benzene rings is 1. The Balaban J connectivity index is 1.86. The summed E-state index contributed by atoms with van der Waals surface area (Å²) in [5.41, 5.74) is 3.14. The normalized spacial score (nSPS) is 10.9. The topological polar surface area (TPSA) is 41.1 Å². The molecule has 2 N–H and O–H groups in total. The zero-order valence-corrected chi connectivity index (χ0v) is 19.5. The fraction of sp³-hybridized carbons (Fsp3) is 0.731. The molecule has 0 aromatic heterocycles. The van der Waals surface area contributed by atoms with E-state index in [2.05, 4.69) is 17.6 Å². The lowest BCUT2D eigenvalue weighted by atomic mass is 10.0. The second-order valence-electron chi connectivity index (χ2n) is 8.60. The van der Waals surface area contributed by atoms with Crippen molar-refractivity contribution in [3.63, 3.8) is 0 Å². The highest BCUT2D eigenvalue weighted by Gasteiger charge is 2.06. The highest BCUT2D eigenvalue weighted by Crippen LogP contribution is 2.19. The van der Waals surface area contributed by atoms with Crippen LogP contribution in [0.5, 0.6) is 0 Å². The Morgan fingerprint density at radius 3 is 1.55 bits per heavy atom. The molecule has 1 aromatic rings. The monoisotopic (exact) mass is 402 g/mol. The van der Waals surface area contributed by atoms with Gasteiger partial charge in [-0.3, -0.25) is 0 Å². The number of carbonyl (C=O) groups excluding carboxylic acids is 1. The summed E-state index contributed by atoms with van der Waals surface area (Å²) in [5, 5.41) is 5.96. The summed E-state index contributed by atoms with van der Waals surface area (Å²) in [6, 6.07) is 5.98. The van der Waals surface area contributed by atoms with Gasteiger partial charge in [0.2, 0.25) is 0 Å². The van der Waals surface area contributed by atoms with Crippen molar-refractivity contribution in [2.24, 2.45) is 0 Å². The third-order valence-corrected chi connectivity index (χ3v) is 5.79. The van der Waals surface area contributed by atoms with Gasteiger partial charge >= 0.3 is 6.03 Å². The number of anilines is 1. The molecule has 1 aromatic carbocycles. The number of amides is 2. The molecule has 0 fully saturated rings. The minimum atomic E-state index is -0.0900. The van der Waals surface area contributed by atoms with Crippen LogP contribution in [0.4, 0.5) is 10.5 Å². The minimum absolute atomic E-state index is 0.0900. The molecule has 0 saturated carbocycles. The Kier molecular flexibility index (Phi) is 15.3. The smallest absolute Gasteiger partial charge is 0.319 e. The lowest BCUT2D eigenvalue weighted by Crippen LogP contribution is -2.30. The molecule has 0 saturated heterocycles. The van der Waals surface area contributed by atoms with Gasteiger partial charge in [0.15, 0.2) is 0 Å². The summed E-state index contributed by atoms with van der Waals surface area (Å²) in [6.07, 6.45) is 20.5. The Hall–Kier alpha value is -1.51. The van der Waals surface area contributed by atoms with E-state index >= 15 is 0 Å². The third-order valence-electron chi connectivity index (χ3n) is 5.79. The molecule has 2 amide bonds. The maximum absolute atomic E-state index is 12.0. The largest absolute Gasteiger partial charge is 0.338 e. The first-order valence-corrected chi connectivity index (χ1v) is 12.3. The number of hydrogen-bond acceptors (Lipinski definition) is 1. The van der Waals surface area contributed by atoms with Crippen LogP contribution in [0, 0.1) is 13.8 Å². The quantitative estimate of drug-likeness (QED) is 0.253. The summed E-state index contributed by atoms with van der Waals surface area (Å²) in [5.74, 6) is 0. The number of nitrogens with one attached hydrogen (secondary N) is 2. The molecule has 0 aliphatic rings. The molecule has 29 heavy (non-hydrogen) atoms. The van der Waals surface area contributed by atoms with E-state index in [1.807, 2.05) is 32.0 Å². The molecule has 0 heterocycles. The lowest BCUT2D eigenvalue weighted by molar-refractivity contribution is 0.252. The summed E-state index contributed by atoms with van der Waals surface area (Å²) in [4.78, 5) is 12.0. The minimum Gasteiger partial charge on any atom is -0.338 e. The van der Waals surface area contributed by atoms with E-state index in [9.17, 15) is 4.79 Å². The molecule has 0 aliphatic carbocycles. The van der Waals surface area contributed by atoms with E-state index < -0.39 is 0 Å². The van der Waals surface area contributed by atoms with E-state index in [0.29, 0.717) is 0 Å². The Labute approximate surface area is 180 Å². The van der Waals surface area contributed by atoms with Gasteiger partial charge in [0.05, 0.1) is 0 Å². The number of carbonyl (C=O) groups is 1. The van der Waals surface area contributed by atoms with Crippen molar-refractivity contribution in [3.8, 4) is 0 Å². The van der Waals surface area contributed by atoms with E-state index in [1.54, 1.807) is 0 Å². The summed E-state index contributed by atoms with van der Waals surface area (Å²) in [6.45, 7) is 7.09. The van der Waals surface area contributed by atoms with Crippen LogP contribution in [0.2, 0.25) is 0 Å².